The average Bonchev–Trinajstić information content (AvgIpc) is 2.12. The minimum Gasteiger partial charge on any atom is -0.396 e. The predicted octanol–water partition coefficient (Wildman–Crippen LogP) is -0.410. The van der Waals surface area contributed by atoms with Crippen molar-refractivity contribution in [3.63, 3.8) is 0 Å². The second kappa shape index (κ2) is 6.01. The van der Waals surface area contributed by atoms with E-state index in [-0.39, 0.29) is 13.2 Å². The highest BCUT2D eigenvalue weighted by Gasteiger charge is 2.21. The number of nitrogens with one attached hydrogen (secondary N) is 1. The topological polar surface area (TPSA) is 52.5 Å². The molecule has 0 spiro atoms. The summed E-state index contributed by atoms with van der Waals surface area (Å²) in [7, 11) is 0. The van der Waals surface area contributed by atoms with Crippen molar-refractivity contribution in [2.45, 2.75) is 13.8 Å². The van der Waals surface area contributed by atoms with Gasteiger partial charge >= 0.3 is 0 Å². The number of rotatable bonds is 5. The van der Waals surface area contributed by atoms with Gasteiger partial charge in [0, 0.05) is 12.0 Å². The average molecular weight is 171 g/mol. The molecule has 0 aliphatic heterocycles. The van der Waals surface area contributed by atoms with E-state index in [0.717, 1.165) is 0 Å². The van der Waals surface area contributed by atoms with Crippen LogP contribution in [0.1, 0.15) is 13.8 Å². The van der Waals surface area contributed by atoms with E-state index in [2.05, 4.69) is 17.2 Å². The van der Waals surface area contributed by atoms with Crippen molar-refractivity contribution in [3.05, 3.63) is 0 Å². The van der Waals surface area contributed by atoms with Crippen LogP contribution in [0.15, 0.2) is 0 Å². The smallest absolute Gasteiger partial charge is 0.0576 e. The standard InChI is InChI=1S/C9H17NO2/c1-3-4-5-10-6-9(2,7-11)8-12/h10-12H,5-8H2,1-2H3. The Labute approximate surface area is 73.8 Å². The Bertz CT molecular complexity index is 165. The maximum atomic E-state index is 8.91. The van der Waals surface area contributed by atoms with E-state index in [1.54, 1.807) is 6.92 Å². The minimum atomic E-state index is -0.435. The van der Waals surface area contributed by atoms with Crippen LogP contribution in [-0.4, -0.2) is 36.5 Å². The lowest BCUT2D eigenvalue weighted by molar-refractivity contribution is 0.0707. The lowest BCUT2D eigenvalue weighted by Gasteiger charge is -2.24. The van der Waals surface area contributed by atoms with Gasteiger partial charge in [-0.1, -0.05) is 12.8 Å². The van der Waals surface area contributed by atoms with E-state index < -0.39 is 5.41 Å². The summed E-state index contributed by atoms with van der Waals surface area (Å²) in [6, 6.07) is 0. The summed E-state index contributed by atoms with van der Waals surface area (Å²) in [6.07, 6.45) is 0. The fraction of sp³-hybridized carbons (Fsp3) is 0.778. The Kier molecular flexibility index (Phi) is 5.73. The molecule has 0 aliphatic rings. The molecular weight excluding hydrogens is 154 g/mol. The molecule has 0 aliphatic carbocycles. The zero-order valence-corrected chi connectivity index (χ0v) is 7.72. The third kappa shape index (κ3) is 4.35. The van der Waals surface area contributed by atoms with E-state index in [9.17, 15) is 0 Å². The Hall–Kier alpha value is -0.560. The Balaban J connectivity index is 3.63. The molecule has 3 nitrogen and oxygen atoms in total. The zero-order chi connectivity index (χ0) is 9.45. The summed E-state index contributed by atoms with van der Waals surface area (Å²) in [6.45, 7) is 4.74. The maximum absolute atomic E-state index is 8.91. The second-order valence-electron chi connectivity index (χ2n) is 3.16. The summed E-state index contributed by atoms with van der Waals surface area (Å²) in [5.41, 5.74) is -0.435. The molecule has 3 N–H and O–H groups in total. The summed E-state index contributed by atoms with van der Waals surface area (Å²) < 4.78 is 0. The van der Waals surface area contributed by atoms with Gasteiger partial charge in [-0.05, 0) is 6.92 Å². The van der Waals surface area contributed by atoms with Gasteiger partial charge in [0.2, 0.25) is 0 Å². The van der Waals surface area contributed by atoms with Crippen LogP contribution in [0.5, 0.6) is 0 Å². The minimum absolute atomic E-state index is 0.0178. The van der Waals surface area contributed by atoms with Gasteiger partial charge in [0.05, 0.1) is 19.8 Å². The molecule has 70 valence electrons. The fourth-order valence-electron chi connectivity index (χ4n) is 0.677. The first-order valence-corrected chi connectivity index (χ1v) is 4.00. The van der Waals surface area contributed by atoms with Crippen LogP contribution in [0.2, 0.25) is 0 Å². The van der Waals surface area contributed by atoms with Crippen molar-refractivity contribution in [3.8, 4) is 11.8 Å². The van der Waals surface area contributed by atoms with Gasteiger partial charge in [0.15, 0.2) is 0 Å². The maximum Gasteiger partial charge on any atom is 0.0576 e. The SMILES string of the molecule is CC#CCNCC(C)(CO)CO. The summed E-state index contributed by atoms with van der Waals surface area (Å²) in [5, 5.41) is 20.8. The normalized spacial score (nSPS) is 10.7. The first-order chi connectivity index (χ1) is 5.68. The van der Waals surface area contributed by atoms with E-state index in [4.69, 9.17) is 10.2 Å². The lowest BCUT2D eigenvalue weighted by atomic mass is 9.93. The molecule has 0 amide bonds. The molecule has 0 unspecified atom stereocenters. The first-order valence-electron chi connectivity index (χ1n) is 4.00. The largest absolute Gasteiger partial charge is 0.396 e. The fourth-order valence-corrected chi connectivity index (χ4v) is 0.677. The number of aliphatic hydroxyl groups is 2. The third-order valence-corrected chi connectivity index (χ3v) is 1.71. The second-order valence-corrected chi connectivity index (χ2v) is 3.16. The highest BCUT2D eigenvalue weighted by Crippen LogP contribution is 2.11. The van der Waals surface area contributed by atoms with Crippen LogP contribution in [0.3, 0.4) is 0 Å². The molecule has 0 fully saturated rings. The zero-order valence-electron chi connectivity index (χ0n) is 7.72. The molecule has 0 radical (unpaired) electrons. The number of hydrogen-bond donors (Lipinski definition) is 3. The van der Waals surface area contributed by atoms with Crippen molar-refractivity contribution in [2.24, 2.45) is 5.41 Å². The molecule has 0 bridgehead atoms. The van der Waals surface area contributed by atoms with Gasteiger partial charge in [0.25, 0.3) is 0 Å². The third-order valence-electron chi connectivity index (χ3n) is 1.71. The molecule has 0 heterocycles. The Morgan fingerprint density at radius 2 is 1.92 bits per heavy atom. The van der Waals surface area contributed by atoms with Gasteiger partial charge in [-0.15, -0.1) is 5.92 Å². The highest BCUT2D eigenvalue weighted by atomic mass is 16.3. The highest BCUT2D eigenvalue weighted by molar-refractivity contribution is 4.97. The predicted molar refractivity (Wildman–Crippen MR) is 48.6 cm³/mol. The molecule has 12 heavy (non-hydrogen) atoms. The first kappa shape index (κ1) is 11.4. The Morgan fingerprint density at radius 1 is 1.33 bits per heavy atom. The molecule has 3 heteroatoms. The monoisotopic (exact) mass is 171 g/mol. The molecule has 0 atom stereocenters. The van der Waals surface area contributed by atoms with Crippen LogP contribution >= 0.6 is 0 Å². The summed E-state index contributed by atoms with van der Waals surface area (Å²) >= 11 is 0. The molecule has 0 aromatic heterocycles. The van der Waals surface area contributed by atoms with Crippen molar-refractivity contribution in [1.82, 2.24) is 5.32 Å². The van der Waals surface area contributed by atoms with Crippen molar-refractivity contribution >= 4 is 0 Å². The lowest BCUT2D eigenvalue weighted by Crippen LogP contribution is -2.38. The van der Waals surface area contributed by atoms with E-state index in [0.29, 0.717) is 13.1 Å². The molecule has 0 rings (SSSR count). The molecule has 0 aromatic carbocycles. The summed E-state index contributed by atoms with van der Waals surface area (Å²) in [4.78, 5) is 0. The Morgan fingerprint density at radius 3 is 2.33 bits per heavy atom. The van der Waals surface area contributed by atoms with Gasteiger partial charge < -0.3 is 15.5 Å². The van der Waals surface area contributed by atoms with Crippen molar-refractivity contribution in [2.75, 3.05) is 26.3 Å². The number of hydrogen-bond acceptors (Lipinski definition) is 3. The van der Waals surface area contributed by atoms with Crippen molar-refractivity contribution < 1.29 is 10.2 Å². The van der Waals surface area contributed by atoms with Crippen LogP contribution < -0.4 is 5.32 Å². The van der Waals surface area contributed by atoms with Crippen molar-refractivity contribution in [1.29, 1.82) is 0 Å². The quantitative estimate of drug-likeness (QED) is 0.389. The molecule has 0 saturated heterocycles. The molecule has 0 aromatic rings. The van der Waals surface area contributed by atoms with Crippen LogP contribution in [-0.2, 0) is 0 Å². The van der Waals surface area contributed by atoms with E-state index in [1.165, 1.54) is 0 Å². The van der Waals surface area contributed by atoms with Crippen LogP contribution in [0, 0.1) is 17.3 Å². The summed E-state index contributed by atoms with van der Waals surface area (Å²) in [5.74, 6) is 5.60. The molecule has 0 saturated carbocycles. The van der Waals surface area contributed by atoms with Crippen LogP contribution in [0.25, 0.3) is 0 Å². The van der Waals surface area contributed by atoms with Gasteiger partial charge in [-0.25, -0.2) is 0 Å². The van der Waals surface area contributed by atoms with Gasteiger partial charge in [-0.3, -0.25) is 0 Å². The molecular formula is C9H17NO2. The van der Waals surface area contributed by atoms with E-state index in [1.807, 2.05) is 6.92 Å². The van der Waals surface area contributed by atoms with Gasteiger partial charge in [-0.2, -0.15) is 0 Å². The van der Waals surface area contributed by atoms with E-state index >= 15 is 0 Å². The van der Waals surface area contributed by atoms with Crippen LogP contribution in [0.4, 0.5) is 0 Å². The van der Waals surface area contributed by atoms with Gasteiger partial charge in [0.1, 0.15) is 0 Å². The number of aliphatic hydroxyl groups excluding tert-OH is 2.